The summed E-state index contributed by atoms with van der Waals surface area (Å²) >= 11 is 3.32. The van der Waals surface area contributed by atoms with Crippen LogP contribution in [0.1, 0.15) is 11.3 Å². The minimum Gasteiger partial charge on any atom is -0.380 e. The van der Waals surface area contributed by atoms with Gasteiger partial charge in [0, 0.05) is 40.7 Å². The first-order valence-corrected chi connectivity index (χ1v) is 6.45. The van der Waals surface area contributed by atoms with Gasteiger partial charge in [0.1, 0.15) is 0 Å². The molecule has 0 radical (unpaired) electrons. The summed E-state index contributed by atoms with van der Waals surface area (Å²) in [5, 5.41) is 13.8. The van der Waals surface area contributed by atoms with E-state index in [0.717, 1.165) is 16.9 Å². The Kier molecular flexibility index (Phi) is 4.11. The molecule has 0 saturated heterocycles. The van der Waals surface area contributed by atoms with Crippen molar-refractivity contribution in [2.24, 2.45) is 0 Å². The van der Waals surface area contributed by atoms with E-state index in [1.807, 2.05) is 25.3 Å². The Hall–Kier alpha value is -1.95. The molecule has 2 aromatic rings. The molecule has 0 unspecified atom stereocenters. The number of anilines is 1. The number of nitrogens with zero attached hydrogens (tertiary/aromatic N) is 2. The Morgan fingerprint density at radius 1 is 1.37 bits per heavy atom. The molecule has 1 N–H and O–H groups in total. The zero-order valence-corrected chi connectivity index (χ0v) is 11.8. The van der Waals surface area contributed by atoms with Crippen molar-refractivity contribution in [1.82, 2.24) is 4.98 Å². The fourth-order valence-electron chi connectivity index (χ4n) is 1.56. The SMILES string of the molecule is Cc1ccc(CNc2ccc([N+](=O)[O-])cc2Br)cn1. The quantitative estimate of drug-likeness (QED) is 0.689. The molecule has 98 valence electrons. The minimum atomic E-state index is -0.418. The number of nitro benzene ring substituents is 1. The van der Waals surface area contributed by atoms with Crippen molar-refractivity contribution in [1.29, 1.82) is 0 Å². The third kappa shape index (κ3) is 3.51. The molecule has 1 heterocycles. The standard InChI is InChI=1S/C13H12BrN3O2/c1-9-2-3-10(7-15-9)8-16-13-5-4-11(17(18)19)6-12(13)14/h2-7,16H,8H2,1H3. The first-order chi connectivity index (χ1) is 9.06. The maximum Gasteiger partial charge on any atom is 0.270 e. The van der Waals surface area contributed by atoms with Crippen molar-refractivity contribution in [3.8, 4) is 0 Å². The maximum absolute atomic E-state index is 10.6. The van der Waals surface area contributed by atoms with Gasteiger partial charge in [0.05, 0.1) is 4.92 Å². The second kappa shape index (κ2) is 5.79. The lowest BCUT2D eigenvalue weighted by Gasteiger charge is -2.08. The van der Waals surface area contributed by atoms with Gasteiger partial charge >= 0.3 is 0 Å². The van der Waals surface area contributed by atoms with E-state index in [1.165, 1.54) is 12.1 Å². The summed E-state index contributed by atoms with van der Waals surface area (Å²) in [5.41, 5.74) is 2.90. The Morgan fingerprint density at radius 2 is 2.16 bits per heavy atom. The van der Waals surface area contributed by atoms with Crippen molar-refractivity contribution in [2.75, 3.05) is 5.32 Å². The largest absolute Gasteiger partial charge is 0.380 e. The van der Waals surface area contributed by atoms with Crippen LogP contribution in [0.4, 0.5) is 11.4 Å². The molecule has 0 amide bonds. The number of non-ortho nitro benzene ring substituents is 1. The topological polar surface area (TPSA) is 68.1 Å². The van der Waals surface area contributed by atoms with Crippen molar-refractivity contribution in [3.05, 3.63) is 62.4 Å². The lowest BCUT2D eigenvalue weighted by Crippen LogP contribution is -2.01. The summed E-state index contributed by atoms with van der Waals surface area (Å²) < 4.78 is 0.668. The van der Waals surface area contributed by atoms with Gasteiger partial charge in [-0.2, -0.15) is 0 Å². The highest BCUT2D eigenvalue weighted by atomic mass is 79.9. The van der Waals surface area contributed by atoms with E-state index < -0.39 is 4.92 Å². The Bertz CT molecular complexity index is 599. The molecule has 0 aliphatic carbocycles. The summed E-state index contributed by atoms with van der Waals surface area (Å²) in [6, 6.07) is 8.58. The summed E-state index contributed by atoms with van der Waals surface area (Å²) in [6.07, 6.45) is 1.81. The summed E-state index contributed by atoms with van der Waals surface area (Å²) in [5.74, 6) is 0. The molecule has 1 aromatic heterocycles. The van der Waals surface area contributed by atoms with Gasteiger partial charge < -0.3 is 5.32 Å². The van der Waals surface area contributed by atoms with Crippen LogP contribution < -0.4 is 5.32 Å². The molecular formula is C13H12BrN3O2. The zero-order chi connectivity index (χ0) is 13.8. The van der Waals surface area contributed by atoms with Crippen LogP contribution in [-0.4, -0.2) is 9.91 Å². The summed E-state index contributed by atoms with van der Waals surface area (Å²) in [7, 11) is 0. The van der Waals surface area contributed by atoms with Crippen LogP contribution in [0.25, 0.3) is 0 Å². The number of halogens is 1. The number of nitrogens with one attached hydrogen (secondary N) is 1. The van der Waals surface area contributed by atoms with E-state index in [-0.39, 0.29) is 5.69 Å². The molecule has 0 spiro atoms. The fraction of sp³-hybridized carbons (Fsp3) is 0.154. The van der Waals surface area contributed by atoms with Crippen LogP contribution in [0.15, 0.2) is 41.0 Å². The van der Waals surface area contributed by atoms with Crippen molar-refractivity contribution < 1.29 is 4.92 Å². The van der Waals surface area contributed by atoms with Gasteiger partial charge in [-0.15, -0.1) is 0 Å². The second-order valence-electron chi connectivity index (χ2n) is 4.08. The van der Waals surface area contributed by atoms with E-state index in [2.05, 4.69) is 26.2 Å². The number of nitro groups is 1. The van der Waals surface area contributed by atoms with Crippen LogP contribution in [0.2, 0.25) is 0 Å². The van der Waals surface area contributed by atoms with Crippen molar-refractivity contribution in [3.63, 3.8) is 0 Å². The number of hydrogen-bond acceptors (Lipinski definition) is 4. The molecule has 0 aliphatic heterocycles. The maximum atomic E-state index is 10.6. The van der Waals surface area contributed by atoms with Gasteiger partial charge in [-0.3, -0.25) is 15.1 Å². The molecule has 0 bridgehead atoms. The van der Waals surface area contributed by atoms with E-state index >= 15 is 0 Å². The summed E-state index contributed by atoms with van der Waals surface area (Å²) in [6.45, 7) is 2.55. The monoisotopic (exact) mass is 321 g/mol. The molecule has 0 saturated carbocycles. The number of aromatic nitrogens is 1. The van der Waals surface area contributed by atoms with Crippen LogP contribution in [0, 0.1) is 17.0 Å². The van der Waals surface area contributed by atoms with Crippen molar-refractivity contribution in [2.45, 2.75) is 13.5 Å². The van der Waals surface area contributed by atoms with Crippen molar-refractivity contribution >= 4 is 27.3 Å². The molecule has 0 aliphatic rings. The first-order valence-electron chi connectivity index (χ1n) is 5.65. The smallest absolute Gasteiger partial charge is 0.270 e. The van der Waals surface area contributed by atoms with Gasteiger partial charge in [0.15, 0.2) is 0 Å². The molecule has 0 atom stereocenters. The third-order valence-electron chi connectivity index (χ3n) is 2.62. The highest BCUT2D eigenvalue weighted by Crippen LogP contribution is 2.27. The van der Waals surface area contributed by atoms with Gasteiger partial charge in [0.2, 0.25) is 0 Å². The molecular weight excluding hydrogens is 310 g/mol. The number of aryl methyl sites for hydroxylation is 1. The normalized spacial score (nSPS) is 10.2. The zero-order valence-electron chi connectivity index (χ0n) is 10.3. The average Bonchev–Trinajstić information content (AvgIpc) is 2.39. The Morgan fingerprint density at radius 3 is 2.74 bits per heavy atom. The van der Waals surface area contributed by atoms with Gasteiger partial charge in [-0.1, -0.05) is 6.07 Å². The van der Waals surface area contributed by atoms with E-state index in [4.69, 9.17) is 0 Å². The highest BCUT2D eigenvalue weighted by molar-refractivity contribution is 9.10. The molecule has 19 heavy (non-hydrogen) atoms. The summed E-state index contributed by atoms with van der Waals surface area (Å²) in [4.78, 5) is 14.4. The van der Waals surface area contributed by atoms with Crippen LogP contribution in [0.3, 0.4) is 0 Å². The fourth-order valence-corrected chi connectivity index (χ4v) is 2.07. The Balaban J connectivity index is 2.07. The van der Waals surface area contributed by atoms with Gasteiger partial charge in [-0.25, -0.2) is 0 Å². The van der Waals surface area contributed by atoms with Gasteiger partial charge in [0.25, 0.3) is 5.69 Å². The molecule has 2 rings (SSSR count). The van der Waals surface area contributed by atoms with Crippen LogP contribution in [0.5, 0.6) is 0 Å². The predicted octanol–water partition coefficient (Wildman–Crippen LogP) is 3.67. The van der Waals surface area contributed by atoms with Crippen LogP contribution in [-0.2, 0) is 6.54 Å². The lowest BCUT2D eigenvalue weighted by molar-refractivity contribution is -0.384. The Labute approximate surface area is 119 Å². The molecule has 5 nitrogen and oxygen atoms in total. The van der Waals surface area contributed by atoms with Gasteiger partial charge in [-0.05, 0) is 40.5 Å². The number of pyridine rings is 1. The van der Waals surface area contributed by atoms with E-state index in [9.17, 15) is 10.1 Å². The average molecular weight is 322 g/mol. The molecule has 0 fully saturated rings. The van der Waals surface area contributed by atoms with Crippen LogP contribution >= 0.6 is 15.9 Å². The van der Waals surface area contributed by atoms with E-state index in [1.54, 1.807) is 6.07 Å². The molecule has 1 aromatic carbocycles. The third-order valence-corrected chi connectivity index (χ3v) is 3.28. The number of rotatable bonds is 4. The highest BCUT2D eigenvalue weighted by Gasteiger charge is 2.08. The first kappa shape index (κ1) is 13.5. The lowest BCUT2D eigenvalue weighted by atomic mass is 10.2. The predicted molar refractivity (Wildman–Crippen MR) is 77.1 cm³/mol. The minimum absolute atomic E-state index is 0.0643. The number of benzene rings is 1. The second-order valence-corrected chi connectivity index (χ2v) is 4.94. The number of hydrogen-bond donors (Lipinski definition) is 1. The van der Waals surface area contributed by atoms with E-state index in [0.29, 0.717) is 11.0 Å². The molecule has 6 heteroatoms.